The Morgan fingerprint density at radius 2 is 2.00 bits per heavy atom. The van der Waals surface area contributed by atoms with Crippen LogP contribution in [0.4, 0.5) is 0 Å². The molecule has 4 nitrogen and oxygen atoms in total. The zero-order valence-corrected chi connectivity index (χ0v) is 13.8. The molecule has 0 saturated carbocycles. The van der Waals surface area contributed by atoms with Gasteiger partial charge in [0.05, 0.1) is 12.1 Å². The molecule has 1 heterocycles. The van der Waals surface area contributed by atoms with Crippen molar-refractivity contribution in [3.63, 3.8) is 0 Å². The van der Waals surface area contributed by atoms with Crippen molar-refractivity contribution in [1.29, 1.82) is 0 Å². The van der Waals surface area contributed by atoms with Crippen LogP contribution in [-0.4, -0.2) is 26.0 Å². The molecule has 0 amide bonds. The standard InChI is InChI=1S/C15H19Cl2N3O/c1-15(2,3)14(21)13(20-9-18-8-19-20)6-10-4-5-11(16)7-12(10)17/h4-5,7-9,13-14,21H,6H2,1-3H3/t13-,14-/m0/s1. The molecule has 0 aliphatic rings. The van der Waals surface area contributed by atoms with Crippen LogP contribution >= 0.6 is 23.2 Å². The molecule has 0 aliphatic heterocycles. The molecular formula is C15H19Cl2N3O. The van der Waals surface area contributed by atoms with E-state index in [0.29, 0.717) is 16.5 Å². The van der Waals surface area contributed by atoms with Crippen LogP contribution in [0.3, 0.4) is 0 Å². The maximum atomic E-state index is 10.7. The summed E-state index contributed by atoms with van der Waals surface area (Å²) in [5.74, 6) is 0. The van der Waals surface area contributed by atoms with Gasteiger partial charge in [0.15, 0.2) is 0 Å². The van der Waals surface area contributed by atoms with Crippen molar-refractivity contribution >= 4 is 23.2 Å². The summed E-state index contributed by atoms with van der Waals surface area (Å²) in [5, 5.41) is 16.0. The van der Waals surface area contributed by atoms with E-state index in [1.54, 1.807) is 23.1 Å². The summed E-state index contributed by atoms with van der Waals surface area (Å²) in [7, 11) is 0. The van der Waals surface area contributed by atoms with E-state index in [2.05, 4.69) is 10.1 Å². The second kappa shape index (κ2) is 6.34. The van der Waals surface area contributed by atoms with Crippen LogP contribution in [0, 0.1) is 5.41 Å². The van der Waals surface area contributed by atoms with Crippen molar-refractivity contribution in [2.24, 2.45) is 5.41 Å². The molecule has 1 N–H and O–H groups in total. The average Bonchev–Trinajstić information content (AvgIpc) is 2.90. The highest BCUT2D eigenvalue weighted by atomic mass is 35.5. The zero-order chi connectivity index (χ0) is 15.6. The molecule has 0 spiro atoms. The lowest BCUT2D eigenvalue weighted by molar-refractivity contribution is 0.0124. The molecular weight excluding hydrogens is 309 g/mol. The fourth-order valence-electron chi connectivity index (χ4n) is 2.23. The molecule has 21 heavy (non-hydrogen) atoms. The lowest BCUT2D eigenvalue weighted by Gasteiger charge is -2.33. The van der Waals surface area contributed by atoms with Gasteiger partial charge in [-0.1, -0.05) is 50.0 Å². The molecule has 1 aromatic carbocycles. The number of aliphatic hydroxyl groups is 1. The van der Waals surface area contributed by atoms with Crippen molar-refractivity contribution in [3.8, 4) is 0 Å². The van der Waals surface area contributed by atoms with Crippen LogP contribution in [0.15, 0.2) is 30.9 Å². The van der Waals surface area contributed by atoms with Gasteiger partial charge >= 0.3 is 0 Å². The van der Waals surface area contributed by atoms with Crippen LogP contribution in [0.25, 0.3) is 0 Å². The molecule has 114 valence electrons. The molecule has 0 radical (unpaired) electrons. The Morgan fingerprint density at radius 3 is 2.52 bits per heavy atom. The van der Waals surface area contributed by atoms with Crippen molar-refractivity contribution in [1.82, 2.24) is 14.8 Å². The molecule has 0 unspecified atom stereocenters. The summed E-state index contributed by atoms with van der Waals surface area (Å²) in [4.78, 5) is 3.97. The Kier molecular flexibility index (Phi) is 4.91. The molecule has 0 saturated heterocycles. The zero-order valence-electron chi connectivity index (χ0n) is 12.3. The van der Waals surface area contributed by atoms with E-state index in [9.17, 15) is 5.11 Å². The minimum absolute atomic E-state index is 0.244. The molecule has 1 aromatic heterocycles. The van der Waals surface area contributed by atoms with Gasteiger partial charge in [-0.15, -0.1) is 0 Å². The number of rotatable bonds is 4. The smallest absolute Gasteiger partial charge is 0.137 e. The Morgan fingerprint density at radius 1 is 1.29 bits per heavy atom. The van der Waals surface area contributed by atoms with Crippen molar-refractivity contribution in [2.75, 3.05) is 0 Å². The van der Waals surface area contributed by atoms with E-state index < -0.39 is 6.10 Å². The molecule has 2 rings (SSSR count). The third-order valence-electron chi connectivity index (χ3n) is 3.47. The van der Waals surface area contributed by atoms with Crippen LogP contribution in [0.5, 0.6) is 0 Å². The van der Waals surface area contributed by atoms with Crippen molar-refractivity contribution in [2.45, 2.75) is 39.3 Å². The van der Waals surface area contributed by atoms with Gasteiger partial charge in [0.25, 0.3) is 0 Å². The first-order valence-electron chi connectivity index (χ1n) is 6.75. The second-order valence-corrected chi connectivity index (χ2v) is 7.04. The van der Waals surface area contributed by atoms with Gasteiger partial charge in [-0.05, 0) is 29.5 Å². The number of aliphatic hydroxyl groups excluding tert-OH is 1. The van der Waals surface area contributed by atoms with Crippen molar-refractivity contribution < 1.29 is 5.11 Å². The predicted molar refractivity (Wildman–Crippen MR) is 84.7 cm³/mol. The highest BCUT2D eigenvalue weighted by Gasteiger charge is 2.32. The van der Waals surface area contributed by atoms with Crippen LogP contribution in [0.2, 0.25) is 10.0 Å². The van der Waals surface area contributed by atoms with Gasteiger partial charge in [-0.2, -0.15) is 5.10 Å². The topological polar surface area (TPSA) is 50.9 Å². The maximum absolute atomic E-state index is 10.7. The Hall–Kier alpha value is -1.10. The summed E-state index contributed by atoms with van der Waals surface area (Å²) < 4.78 is 1.68. The van der Waals surface area contributed by atoms with E-state index in [-0.39, 0.29) is 11.5 Å². The first kappa shape index (κ1) is 16.3. The number of halogens is 2. The lowest BCUT2D eigenvalue weighted by atomic mass is 9.82. The third kappa shape index (κ3) is 3.96. The maximum Gasteiger partial charge on any atom is 0.137 e. The fourth-order valence-corrected chi connectivity index (χ4v) is 2.71. The number of benzene rings is 1. The Labute approximate surface area is 134 Å². The summed E-state index contributed by atoms with van der Waals surface area (Å²) >= 11 is 12.2. The molecule has 2 aromatic rings. The van der Waals surface area contributed by atoms with Gasteiger partial charge in [0.2, 0.25) is 0 Å². The quantitative estimate of drug-likeness (QED) is 0.929. The average molecular weight is 328 g/mol. The third-order valence-corrected chi connectivity index (χ3v) is 4.06. The molecule has 2 atom stereocenters. The fraction of sp³-hybridized carbons (Fsp3) is 0.467. The van der Waals surface area contributed by atoms with E-state index in [1.165, 1.54) is 6.33 Å². The van der Waals surface area contributed by atoms with Gasteiger partial charge in [0.1, 0.15) is 12.7 Å². The summed E-state index contributed by atoms with van der Waals surface area (Å²) in [6.07, 6.45) is 3.04. The van der Waals surface area contributed by atoms with Gasteiger partial charge in [0, 0.05) is 10.0 Å². The molecule has 0 bridgehead atoms. The SMILES string of the molecule is CC(C)(C)[C@@H](O)[C@H](Cc1ccc(Cl)cc1Cl)n1cncn1. The first-order chi connectivity index (χ1) is 9.79. The van der Waals surface area contributed by atoms with Gasteiger partial charge < -0.3 is 5.11 Å². The summed E-state index contributed by atoms with van der Waals surface area (Å²) in [6, 6.07) is 5.14. The first-order valence-corrected chi connectivity index (χ1v) is 7.50. The predicted octanol–water partition coefficient (Wildman–Crippen LogP) is 3.78. The Balaban J connectivity index is 2.33. The van der Waals surface area contributed by atoms with E-state index in [0.717, 1.165) is 5.56 Å². The Bertz CT molecular complexity index is 593. The van der Waals surface area contributed by atoms with E-state index in [1.807, 2.05) is 26.8 Å². The molecule has 0 aliphatic carbocycles. The molecule has 6 heteroatoms. The number of hydrogen-bond acceptors (Lipinski definition) is 3. The lowest BCUT2D eigenvalue weighted by Crippen LogP contribution is -2.37. The van der Waals surface area contributed by atoms with E-state index in [4.69, 9.17) is 23.2 Å². The number of aromatic nitrogens is 3. The van der Waals surface area contributed by atoms with Crippen LogP contribution in [-0.2, 0) is 6.42 Å². The largest absolute Gasteiger partial charge is 0.390 e. The highest BCUT2D eigenvalue weighted by molar-refractivity contribution is 6.35. The summed E-state index contributed by atoms with van der Waals surface area (Å²) in [5.41, 5.74) is 0.639. The monoisotopic (exact) mass is 327 g/mol. The van der Waals surface area contributed by atoms with Gasteiger partial charge in [-0.3, -0.25) is 0 Å². The second-order valence-electron chi connectivity index (χ2n) is 6.19. The highest BCUT2D eigenvalue weighted by Crippen LogP contribution is 2.32. The van der Waals surface area contributed by atoms with E-state index >= 15 is 0 Å². The van der Waals surface area contributed by atoms with Gasteiger partial charge in [-0.25, -0.2) is 9.67 Å². The number of nitrogens with zero attached hydrogens (tertiary/aromatic N) is 3. The minimum Gasteiger partial charge on any atom is -0.390 e. The normalized spacial score (nSPS) is 15.0. The minimum atomic E-state index is -0.592. The van der Waals surface area contributed by atoms with Crippen LogP contribution < -0.4 is 0 Å². The summed E-state index contributed by atoms with van der Waals surface area (Å²) in [6.45, 7) is 5.97. The van der Waals surface area contributed by atoms with Crippen molar-refractivity contribution in [3.05, 3.63) is 46.5 Å². The van der Waals surface area contributed by atoms with Crippen LogP contribution in [0.1, 0.15) is 32.4 Å². The molecule has 0 fully saturated rings. The number of hydrogen-bond donors (Lipinski definition) is 1.